The lowest BCUT2D eigenvalue weighted by Crippen LogP contribution is -2.20. The van der Waals surface area contributed by atoms with Gasteiger partial charge >= 0.3 is 5.97 Å². The van der Waals surface area contributed by atoms with Crippen LogP contribution in [0.1, 0.15) is 44.6 Å². The molecule has 0 amide bonds. The monoisotopic (exact) mass is 290 g/mol. The Morgan fingerprint density at radius 1 is 1.24 bits per heavy atom. The molecular formula is C18H23FO2. The van der Waals surface area contributed by atoms with Crippen LogP contribution in [0.2, 0.25) is 0 Å². The Morgan fingerprint density at radius 3 is 2.38 bits per heavy atom. The van der Waals surface area contributed by atoms with Crippen molar-refractivity contribution < 1.29 is 14.3 Å². The van der Waals surface area contributed by atoms with E-state index in [0.29, 0.717) is 11.5 Å². The highest BCUT2D eigenvalue weighted by atomic mass is 19.1. The third-order valence-corrected chi connectivity index (χ3v) is 4.60. The summed E-state index contributed by atoms with van der Waals surface area (Å²) >= 11 is 0. The van der Waals surface area contributed by atoms with Crippen molar-refractivity contribution in [2.24, 2.45) is 11.8 Å². The van der Waals surface area contributed by atoms with Crippen LogP contribution in [0.25, 0.3) is 0 Å². The number of benzene rings is 1. The van der Waals surface area contributed by atoms with Gasteiger partial charge in [-0.15, -0.1) is 0 Å². The Morgan fingerprint density at radius 2 is 1.86 bits per heavy atom. The van der Waals surface area contributed by atoms with E-state index in [4.69, 9.17) is 5.11 Å². The van der Waals surface area contributed by atoms with Gasteiger partial charge < -0.3 is 5.11 Å². The molecule has 21 heavy (non-hydrogen) atoms. The first kappa shape index (κ1) is 15.7. The molecule has 1 N–H and O–H groups in total. The fraction of sp³-hybridized carbons (Fsp3) is 0.500. The number of hydrogen-bond acceptors (Lipinski definition) is 1. The minimum atomic E-state index is -0.771. The van der Waals surface area contributed by atoms with Crippen molar-refractivity contribution in [2.45, 2.75) is 45.4 Å². The summed E-state index contributed by atoms with van der Waals surface area (Å²) in [6, 6.07) is 6.72. The summed E-state index contributed by atoms with van der Waals surface area (Å²) in [5.74, 6) is -0.0770. The van der Waals surface area contributed by atoms with Gasteiger partial charge in [-0.2, -0.15) is 0 Å². The molecule has 1 aromatic rings. The minimum Gasteiger partial charge on any atom is -0.478 e. The highest BCUT2D eigenvalue weighted by Crippen LogP contribution is 2.35. The Labute approximate surface area is 125 Å². The number of halogens is 1. The standard InChI is InChI=1S/C18H23FO2/c1-2-17(18(20)21)15-9-5-13(6-10-15)3-4-14-7-11-16(19)12-8-14/h2,7-8,11-13,15H,3-6,9-10H2,1H3,(H,20,21)/t13-,15-. The summed E-state index contributed by atoms with van der Waals surface area (Å²) in [6.07, 6.45) is 7.96. The summed E-state index contributed by atoms with van der Waals surface area (Å²) < 4.78 is 12.8. The lowest BCUT2D eigenvalue weighted by molar-refractivity contribution is -0.133. The average Bonchev–Trinajstić information content (AvgIpc) is 2.48. The molecule has 0 bridgehead atoms. The maximum atomic E-state index is 12.8. The van der Waals surface area contributed by atoms with Crippen LogP contribution in [-0.4, -0.2) is 11.1 Å². The van der Waals surface area contributed by atoms with Crippen LogP contribution in [0.4, 0.5) is 4.39 Å². The largest absolute Gasteiger partial charge is 0.478 e. The van der Waals surface area contributed by atoms with Gasteiger partial charge in [-0.25, -0.2) is 9.18 Å². The van der Waals surface area contributed by atoms with Gasteiger partial charge in [-0.1, -0.05) is 18.2 Å². The third-order valence-electron chi connectivity index (χ3n) is 4.60. The molecule has 1 aliphatic carbocycles. The molecule has 1 aromatic carbocycles. The second kappa shape index (κ2) is 7.39. The summed E-state index contributed by atoms with van der Waals surface area (Å²) in [5, 5.41) is 9.17. The van der Waals surface area contributed by atoms with Gasteiger partial charge in [-0.3, -0.25) is 0 Å². The first-order valence-electron chi connectivity index (χ1n) is 7.74. The Bertz CT molecular complexity index is 496. The van der Waals surface area contributed by atoms with Gasteiger partial charge in [0.15, 0.2) is 0 Å². The molecule has 0 heterocycles. The molecule has 114 valence electrons. The molecule has 0 aliphatic heterocycles. The lowest BCUT2D eigenvalue weighted by atomic mass is 9.76. The minimum absolute atomic E-state index is 0.188. The zero-order valence-electron chi connectivity index (χ0n) is 12.5. The zero-order valence-corrected chi connectivity index (χ0v) is 12.5. The van der Waals surface area contributed by atoms with E-state index in [2.05, 4.69) is 0 Å². The summed E-state index contributed by atoms with van der Waals surface area (Å²) in [5.41, 5.74) is 1.75. The number of carboxylic acid groups (broad SMARTS) is 1. The number of carbonyl (C=O) groups is 1. The molecule has 1 aliphatic rings. The smallest absolute Gasteiger partial charge is 0.331 e. The number of allylic oxidation sites excluding steroid dienone is 1. The van der Waals surface area contributed by atoms with Crippen molar-refractivity contribution in [1.29, 1.82) is 0 Å². The van der Waals surface area contributed by atoms with Gasteiger partial charge in [0.1, 0.15) is 5.82 Å². The van der Waals surface area contributed by atoms with Crippen LogP contribution in [0.3, 0.4) is 0 Å². The molecule has 0 spiro atoms. The summed E-state index contributed by atoms with van der Waals surface area (Å²) in [7, 11) is 0. The average molecular weight is 290 g/mol. The van der Waals surface area contributed by atoms with Gasteiger partial charge in [0, 0.05) is 5.57 Å². The summed E-state index contributed by atoms with van der Waals surface area (Å²) in [4.78, 5) is 11.2. The Kier molecular flexibility index (Phi) is 5.54. The number of hydrogen-bond donors (Lipinski definition) is 1. The van der Waals surface area contributed by atoms with E-state index in [9.17, 15) is 9.18 Å². The Hall–Kier alpha value is -1.64. The van der Waals surface area contributed by atoms with Crippen molar-refractivity contribution in [3.05, 3.63) is 47.3 Å². The second-order valence-electron chi connectivity index (χ2n) is 5.93. The lowest BCUT2D eigenvalue weighted by Gasteiger charge is -2.28. The Balaban J connectivity index is 1.79. The van der Waals surface area contributed by atoms with Gasteiger partial charge in [-0.05, 0) is 75.0 Å². The number of aliphatic carboxylic acids is 1. The number of rotatable bonds is 5. The molecule has 0 aromatic heterocycles. The molecule has 0 atom stereocenters. The van der Waals surface area contributed by atoms with Gasteiger partial charge in [0.2, 0.25) is 0 Å². The van der Waals surface area contributed by atoms with Crippen molar-refractivity contribution in [3.63, 3.8) is 0 Å². The van der Waals surface area contributed by atoms with Crippen LogP contribution >= 0.6 is 0 Å². The molecule has 0 saturated heterocycles. The van der Waals surface area contributed by atoms with Crippen LogP contribution in [0.15, 0.2) is 35.9 Å². The highest BCUT2D eigenvalue weighted by molar-refractivity contribution is 5.87. The maximum Gasteiger partial charge on any atom is 0.331 e. The van der Waals surface area contributed by atoms with E-state index < -0.39 is 5.97 Å². The van der Waals surface area contributed by atoms with Crippen LogP contribution in [0, 0.1) is 17.7 Å². The first-order chi connectivity index (χ1) is 10.1. The van der Waals surface area contributed by atoms with Crippen molar-refractivity contribution in [2.75, 3.05) is 0 Å². The van der Waals surface area contributed by atoms with E-state index >= 15 is 0 Å². The predicted molar refractivity (Wildman–Crippen MR) is 81.6 cm³/mol. The fourth-order valence-electron chi connectivity index (χ4n) is 3.32. The van der Waals surface area contributed by atoms with Crippen molar-refractivity contribution in [3.8, 4) is 0 Å². The second-order valence-corrected chi connectivity index (χ2v) is 5.93. The fourth-order valence-corrected chi connectivity index (χ4v) is 3.32. The molecule has 2 rings (SSSR count). The van der Waals surface area contributed by atoms with Crippen LogP contribution < -0.4 is 0 Å². The van der Waals surface area contributed by atoms with Crippen LogP contribution in [-0.2, 0) is 11.2 Å². The van der Waals surface area contributed by atoms with Gasteiger partial charge in [0.25, 0.3) is 0 Å². The van der Waals surface area contributed by atoms with E-state index in [-0.39, 0.29) is 11.7 Å². The topological polar surface area (TPSA) is 37.3 Å². The summed E-state index contributed by atoms with van der Waals surface area (Å²) in [6.45, 7) is 1.81. The third kappa shape index (κ3) is 4.42. The van der Waals surface area contributed by atoms with E-state index in [1.807, 2.05) is 19.1 Å². The quantitative estimate of drug-likeness (QED) is 0.805. The van der Waals surface area contributed by atoms with Crippen LogP contribution in [0.5, 0.6) is 0 Å². The van der Waals surface area contributed by atoms with E-state index in [1.165, 1.54) is 17.7 Å². The molecular weight excluding hydrogens is 267 g/mol. The molecule has 3 heteroatoms. The highest BCUT2D eigenvalue weighted by Gasteiger charge is 2.26. The SMILES string of the molecule is CC=C(C(=O)O)[C@H]1CC[C@H](CCc2ccc(F)cc2)CC1. The van der Waals surface area contributed by atoms with Crippen molar-refractivity contribution in [1.82, 2.24) is 0 Å². The number of carboxylic acids is 1. The molecule has 2 nitrogen and oxygen atoms in total. The van der Waals surface area contributed by atoms with E-state index in [1.54, 1.807) is 6.08 Å². The van der Waals surface area contributed by atoms with E-state index in [0.717, 1.165) is 38.5 Å². The van der Waals surface area contributed by atoms with Gasteiger partial charge in [0.05, 0.1) is 0 Å². The molecule has 1 saturated carbocycles. The van der Waals surface area contributed by atoms with Crippen molar-refractivity contribution >= 4 is 5.97 Å². The predicted octanol–water partition coefficient (Wildman–Crippen LogP) is 4.60. The number of aryl methyl sites for hydroxylation is 1. The normalized spacial score (nSPS) is 23.0. The maximum absolute atomic E-state index is 12.8. The molecule has 0 radical (unpaired) electrons. The molecule has 0 unspecified atom stereocenters. The zero-order chi connectivity index (χ0) is 15.2. The first-order valence-corrected chi connectivity index (χ1v) is 7.74. The molecule has 1 fully saturated rings.